The molecule has 0 atom stereocenters. The largest absolute Gasteiger partial charge is 0.380 e. The monoisotopic (exact) mass is 218 g/mol. The van der Waals surface area contributed by atoms with Gasteiger partial charge in [-0.2, -0.15) is 0 Å². The SMILES string of the molecule is CC(C)(CCN)Nc1ccc2c(c1)CCC2. The summed E-state index contributed by atoms with van der Waals surface area (Å²) >= 11 is 0. The Bertz CT molecular complexity index is 369. The van der Waals surface area contributed by atoms with Crippen molar-refractivity contribution >= 4 is 5.69 Å². The number of benzene rings is 1. The second kappa shape index (κ2) is 4.46. The van der Waals surface area contributed by atoms with Crippen LogP contribution >= 0.6 is 0 Å². The van der Waals surface area contributed by atoms with Gasteiger partial charge in [0.25, 0.3) is 0 Å². The molecule has 1 aromatic carbocycles. The lowest BCUT2D eigenvalue weighted by Gasteiger charge is -2.27. The molecule has 0 bridgehead atoms. The van der Waals surface area contributed by atoms with Gasteiger partial charge in [-0.15, -0.1) is 0 Å². The van der Waals surface area contributed by atoms with E-state index in [2.05, 4.69) is 37.4 Å². The first-order valence-corrected chi connectivity index (χ1v) is 6.21. The fourth-order valence-electron chi connectivity index (χ4n) is 2.46. The molecule has 1 aromatic rings. The van der Waals surface area contributed by atoms with Crippen LogP contribution in [-0.4, -0.2) is 12.1 Å². The number of hydrogen-bond acceptors (Lipinski definition) is 2. The van der Waals surface area contributed by atoms with Crippen LogP contribution < -0.4 is 11.1 Å². The molecule has 0 fully saturated rings. The molecule has 1 aliphatic rings. The van der Waals surface area contributed by atoms with E-state index < -0.39 is 0 Å². The zero-order valence-corrected chi connectivity index (χ0v) is 10.3. The van der Waals surface area contributed by atoms with Crippen LogP contribution in [0.4, 0.5) is 5.69 Å². The fourth-order valence-corrected chi connectivity index (χ4v) is 2.46. The maximum absolute atomic E-state index is 5.62. The normalized spacial score (nSPS) is 14.9. The van der Waals surface area contributed by atoms with Crippen molar-refractivity contribution in [3.8, 4) is 0 Å². The zero-order chi connectivity index (χ0) is 11.6. The quantitative estimate of drug-likeness (QED) is 0.815. The summed E-state index contributed by atoms with van der Waals surface area (Å²) in [4.78, 5) is 0. The number of anilines is 1. The van der Waals surface area contributed by atoms with Crippen LogP contribution in [0.3, 0.4) is 0 Å². The van der Waals surface area contributed by atoms with E-state index in [0.29, 0.717) is 0 Å². The van der Waals surface area contributed by atoms with Gasteiger partial charge in [-0.05, 0) is 69.3 Å². The maximum atomic E-state index is 5.62. The first kappa shape index (κ1) is 11.5. The highest BCUT2D eigenvalue weighted by Gasteiger charge is 2.17. The Hall–Kier alpha value is -1.02. The summed E-state index contributed by atoms with van der Waals surface area (Å²) in [6, 6.07) is 6.77. The van der Waals surface area contributed by atoms with E-state index in [1.165, 1.54) is 36.1 Å². The van der Waals surface area contributed by atoms with E-state index in [-0.39, 0.29) is 5.54 Å². The summed E-state index contributed by atoms with van der Waals surface area (Å²) in [5.41, 5.74) is 9.99. The van der Waals surface area contributed by atoms with Gasteiger partial charge in [-0.1, -0.05) is 6.07 Å². The van der Waals surface area contributed by atoms with Crippen molar-refractivity contribution in [2.45, 2.75) is 45.1 Å². The highest BCUT2D eigenvalue weighted by molar-refractivity contribution is 5.51. The molecule has 2 heteroatoms. The Morgan fingerprint density at radius 1 is 1.25 bits per heavy atom. The Morgan fingerprint density at radius 2 is 2.00 bits per heavy atom. The third-order valence-electron chi connectivity index (χ3n) is 3.35. The van der Waals surface area contributed by atoms with E-state index >= 15 is 0 Å². The molecule has 1 aliphatic carbocycles. The highest BCUT2D eigenvalue weighted by Crippen LogP contribution is 2.26. The number of rotatable bonds is 4. The van der Waals surface area contributed by atoms with E-state index in [0.717, 1.165) is 13.0 Å². The van der Waals surface area contributed by atoms with Crippen molar-refractivity contribution in [3.63, 3.8) is 0 Å². The van der Waals surface area contributed by atoms with Gasteiger partial charge in [-0.3, -0.25) is 0 Å². The minimum Gasteiger partial charge on any atom is -0.380 e. The van der Waals surface area contributed by atoms with Crippen molar-refractivity contribution in [2.75, 3.05) is 11.9 Å². The van der Waals surface area contributed by atoms with Crippen LogP contribution in [-0.2, 0) is 12.8 Å². The molecule has 0 amide bonds. The Kier molecular flexibility index (Phi) is 3.20. The predicted molar refractivity (Wildman–Crippen MR) is 69.8 cm³/mol. The molecule has 0 radical (unpaired) electrons. The van der Waals surface area contributed by atoms with Gasteiger partial charge in [0, 0.05) is 11.2 Å². The Morgan fingerprint density at radius 3 is 2.75 bits per heavy atom. The van der Waals surface area contributed by atoms with Crippen molar-refractivity contribution < 1.29 is 0 Å². The molecule has 2 nitrogen and oxygen atoms in total. The molecular weight excluding hydrogens is 196 g/mol. The molecular formula is C14H22N2. The molecule has 0 saturated carbocycles. The standard InChI is InChI=1S/C14H22N2/c1-14(2,8-9-15)16-13-7-6-11-4-3-5-12(11)10-13/h6-7,10,16H,3-5,8-9,15H2,1-2H3. The molecule has 0 aromatic heterocycles. The van der Waals surface area contributed by atoms with E-state index in [9.17, 15) is 0 Å². The molecule has 0 aliphatic heterocycles. The maximum Gasteiger partial charge on any atom is 0.0347 e. The van der Waals surface area contributed by atoms with Gasteiger partial charge in [0.05, 0.1) is 0 Å². The van der Waals surface area contributed by atoms with Crippen LogP contribution in [0.5, 0.6) is 0 Å². The number of nitrogens with two attached hydrogens (primary N) is 1. The minimum atomic E-state index is 0.0849. The summed E-state index contributed by atoms with van der Waals surface area (Å²) in [6.45, 7) is 5.13. The summed E-state index contributed by atoms with van der Waals surface area (Å²) in [6.07, 6.45) is 4.79. The third kappa shape index (κ3) is 2.56. The lowest BCUT2D eigenvalue weighted by Crippen LogP contribution is -2.33. The summed E-state index contributed by atoms with van der Waals surface area (Å²) in [5, 5.41) is 3.57. The van der Waals surface area contributed by atoms with Crippen LogP contribution in [0.2, 0.25) is 0 Å². The molecule has 0 unspecified atom stereocenters. The van der Waals surface area contributed by atoms with Crippen molar-refractivity contribution in [2.24, 2.45) is 5.73 Å². The van der Waals surface area contributed by atoms with Gasteiger partial charge < -0.3 is 11.1 Å². The molecule has 0 spiro atoms. The smallest absolute Gasteiger partial charge is 0.0347 e. The average Bonchev–Trinajstić information content (AvgIpc) is 2.63. The third-order valence-corrected chi connectivity index (χ3v) is 3.35. The van der Waals surface area contributed by atoms with Crippen molar-refractivity contribution in [1.82, 2.24) is 0 Å². The van der Waals surface area contributed by atoms with Gasteiger partial charge in [0.15, 0.2) is 0 Å². The summed E-state index contributed by atoms with van der Waals surface area (Å²) in [5.74, 6) is 0. The number of fused-ring (bicyclic) bond motifs is 1. The Balaban J connectivity index is 2.10. The fraction of sp³-hybridized carbons (Fsp3) is 0.571. The van der Waals surface area contributed by atoms with E-state index in [4.69, 9.17) is 5.73 Å². The summed E-state index contributed by atoms with van der Waals surface area (Å²) in [7, 11) is 0. The average molecular weight is 218 g/mol. The van der Waals surface area contributed by atoms with Gasteiger partial charge >= 0.3 is 0 Å². The Labute approximate surface area is 98.2 Å². The van der Waals surface area contributed by atoms with Gasteiger partial charge in [0.1, 0.15) is 0 Å². The van der Waals surface area contributed by atoms with E-state index in [1.54, 1.807) is 0 Å². The van der Waals surface area contributed by atoms with Crippen LogP contribution in [0, 0.1) is 0 Å². The molecule has 88 valence electrons. The van der Waals surface area contributed by atoms with Crippen molar-refractivity contribution in [3.05, 3.63) is 29.3 Å². The zero-order valence-electron chi connectivity index (χ0n) is 10.3. The van der Waals surface area contributed by atoms with Crippen LogP contribution in [0.1, 0.15) is 37.8 Å². The second-order valence-electron chi connectivity index (χ2n) is 5.38. The topological polar surface area (TPSA) is 38.0 Å². The molecule has 2 rings (SSSR count). The van der Waals surface area contributed by atoms with Crippen LogP contribution in [0.15, 0.2) is 18.2 Å². The first-order chi connectivity index (χ1) is 7.61. The summed E-state index contributed by atoms with van der Waals surface area (Å²) < 4.78 is 0. The minimum absolute atomic E-state index is 0.0849. The number of aryl methyl sites for hydroxylation is 2. The molecule has 3 N–H and O–H groups in total. The molecule has 16 heavy (non-hydrogen) atoms. The van der Waals surface area contributed by atoms with Gasteiger partial charge in [-0.25, -0.2) is 0 Å². The molecule has 0 saturated heterocycles. The predicted octanol–water partition coefficient (Wildman–Crippen LogP) is 2.71. The second-order valence-corrected chi connectivity index (χ2v) is 5.38. The lowest BCUT2D eigenvalue weighted by atomic mass is 9.99. The van der Waals surface area contributed by atoms with E-state index in [1.807, 2.05) is 0 Å². The van der Waals surface area contributed by atoms with Crippen molar-refractivity contribution in [1.29, 1.82) is 0 Å². The number of hydrogen-bond donors (Lipinski definition) is 2. The molecule has 0 heterocycles. The van der Waals surface area contributed by atoms with Gasteiger partial charge in [0.2, 0.25) is 0 Å². The highest BCUT2D eigenvalue weighted by atomic mass is 15.0. The number of nitrogens with one attached hydrogen (secondary N) is 1. The lowest BCUT2D eigenvalue weighted by molar-refractivity contribution is 0.526. The first-order valence-electron chi connectivity index (χ1n) is 6.21. The van der Waals surface area contributed by atoms with Crippen LogP contribution in [0.25, 0.3) is 0 Å².